The molecule has 1 aliphatic heterocycles. The number of nitrogens with zero attached hydrogens (tertiary/aromatic N) is 2. The molecule has 5 rings (SSSR count). The van der Waals surface area contributed by atoms with Gasteiger partial charge in [-0.3, -0.25) is 9.78 Å². The number of hydrogen-bond acceptors (Lipinski definition) is 5. The molecule has 0 saturated carbocycles. The minimum Gasteiger partial charge on any atom is -0.322 e. The predicted molar refractivity (Wildman–Crippen MR) is 138 cm³/mol. The average molecular weight is 480 g/mol. The number of nitrogens with one attached hydrogen (secondary N) is 1. The first-order valence-electron chi connectivity index (χ1n) is 10.6. The van der Waals surface area contributed by atoms with Crippen molar-refractivity contribution in [1.29, 1.82) is 0 Å². The fraction of sp³-hybridized carbons (Fsp3) is 0.200. The molecule has 3 heterocycles. The second kappa shape index (κ2) is 9.53. The van der Waals surface area contributed by atoms with E-state index in [2.05, 4.69) is 20.7 Å². The van der Waals surface area contributed by atoms with Gasteiger partial charge in [0, 0.05) is 41.0 Å². The van der Waals surface area contributed by atoms with E-state index >= 15 is 0 Å². The summed E-state index contributed by atoms with van der Waals surface area (Å²) in [4.78, 5) is 17.4. The Bertz CT molecular complexity index is 1250. The van der Waals surface area contributed by atoms with Gasteiger partial charge in [0.15, 0.2) is 0 Å². The van der Waals surface area contributed by atoms with Crippen molar-refractivity contribution in [3.8, 4) is 11.3 Å². The van der Waals surface area contributed by atoms with Crippen molar-refractivity contribution in [2.75, 3.05) is 21.9 Å². The summed E-state index contributed by atoms with van der Waals surface area (Å²) in [7, 11) is 0. The molecule has 1 amide bonds. The summed E-state index contributed by atoms with van der Waals surface area (Å²) in [5.74, 6) is 1.01. The first kappa shape index (κ1) is 21.3. The van der Waals surface area contributed by atoms with Crippen LogP contribution < -0.4 is 9.62 Å². The van der Waals surface area contributed by atoms with Crippen LogP contribution in [-0.2, 0) is 0 Å². The van der Waals surface area contributed by atoms with Gasteiger partial charge in [0.25, 0.3) is 5.91 Å². The number of thiophene rings is 1. The van der Waals surface area contributed by atoms with Crippen LogP contribution in [0.1, 0.15) is 29.6 Å². The molecule has 1 aliphatic rings. The lowest BCUT2D eigenvalue weighted by atomic mass is 10.1. The Kier molecular flexibility index (Phi) is 6.35. The molecule has 7 heteroatoms. The van der Waals surface area contributed by atoms with Crippen LogP contribution in [0, 0.1) is 0 Å². The van der Waals surface area contributed by atoms with Crippen LogP contribution in [0.3, 0.4) is 0 Å². The number of pyridine rings is 1. The van der Waals surface area contributed by atoms with Gasteiger partial charge < -0.3 is 9.62 Å². The van der Waals surface area contributed by atoms with E-state index in [4.69, 9.17) is 11.6 Å². The molecule has 4 nitrogen and oxygen atoms in total. The van der Waals surface area contributed by atoms with Gasteiger partial charge in [-0.1, -0.05) is 18.0 Å². The molecule has 0 atom stereocenters. The molecule has 1 saturated heterocycles. The van der Waals surface area contributed by atoms with E-state index < -0.39 is 0 Å². The molecule has 2 aromatic heterocycles. The van der Waals surface area contributed by atoms with Crippen molar-refractivity contribution >= 4 is 62.3 Å². The number of benzene rings is 2. The van der Waals surface area contributed by atoms with Crippen molar-refractivity contribution in [2.45, 2.75) is 19.3 Å². The topological polar surface area (TPSA) is 45.2 Å². The number of hydrogen-bond donors (Lipinski definition) is 1. The molecule has 0 aliphatic carbocycles. The number of carbonyl (C=O) groups excluding carboxylic acids is 1. The quantitative estimate of drug-likeness (QED) is 0.307. The Morgan fingerprint density at radius 3 is 2.78 bits per heavy atom. The molecule has 2 aromatic carbocycles. The summed E-state index contributed by atoms with van der Waals surface area (Å²) in [6.45, 7) is 1.05. The van der Waals surface area contributed by atoms with E-state index in [0.29, 0.717) is 16.3 Å². The lowest BCUT2D eigenvalue weighted by Gasteiger charge is -2.21. The predicted octanol–water partition coefficient (Wildman–Crippen LogP) is 7.51. The van der Waals surface area contributed by atoms with Gasteiger partial charge in [-0.05, 0) is 90.2 Å². The number of aromatic nitrogens is 1. The third-order valence-electron chi connectivity index (χ3n) is 5.52. The number of amides is 1. The standard InChI is InChI=1S/C25H22ClN3OS2/c26-22-9-6-19(16-21(22)23-24-17(10-12-27-23)11-15-31-24)28-25(30)18-4-7-20(8-5-18)29-13-2-1-3-14-32-29/h4-12,15-16H,1-3,13-14H2,(H,28,30). The maximum atomic E-state index is 12.9. The maximum Gasteiger partial charge on any atom is 0.255 e. The highest BCUT2D eigenvalue weighted by Crippen LogP contribution is 2.36. The molecule has 0 bridgehead atoms. The Morgan fingerprint density at radius 1 is 1.03 bits per heavy atom. The minimum atomic E-state index is -0.143. The van der Waals surface area contributed by atoms with Crippen LogP contribution in [0.4, 0.5) is 11.4 Å². The van der Waals surface area contributed by atoms with E-state index in [-0.39, 0.29) is 5.91 Å². The zero-order chi connectivity index (χ0) is 21.9. The van der Waals surface area contributed by atoms with E-state index in [1.54, 1.807) is 23.6 Å². The van der Waals surface area contributed by atoms with Crippen LogP contribution in [0.2, 0.25) is 5.02 Å². The van der Waals surface area contributed by atoms with Crippen LogP contribution in [0.25, 0.3) is 21.3 Å². The molecular weight excluding hydrogens is 458 g/mol. The molecule has 32 heavy (non-hydrogen) atoms. The number of carbonyl (C=O) groups is 1. The third-order valence-corrected chi connectivity index (χ3v) is 7.96. The lowest BCUT2D eigenvalue weighted by molar-refractivity contribution is 0.102. The Morgan fingerprint density at radius 2 is 1.91 bits per heavy atom. The second-order valence-corrected chi connectivity index (χ2v) is 10.1. The number of rotatable bonds is 4. The van der Waals surface area contributed by atoms with E-state index in [1.165, 1.54) is 19.3 Å². The van der Waals surface area contributed by atoms with Gasteiger partial charge in [-0.2, -0.15) is 0 Å². The van der Waals surface area contributed by atoms with E-state index in [9.17, 15) is 4.79 Å². The molecule has 4 aromatic rings. The van der Waals surface area contributed by atoms with Gasteiger partial charge in [-0.25, -0.2) is 0 Å². The van der Waals surface area contributed by atoms with Crippen LogP contribution >= 0.6 is 34.9 Å². The van der Waals surface area contributed by atoms with Gasteiger partial charge in [0.05, 0.1) is 15.4 Å². The second-order valence-electron chi connectivity index (χ2n) is 7.69. The first-order chi connectivity index (χ1) is 15.7. The summed E-state index contributed by atoms with van der Waals surface area (Å²) in [6.07, 6.45) is 5.54. The van der Waals surface area contributed by atoms with Crippen LogP contribution in [0.15, 0.2) is 66.2 Å². The van der Waals surface area contributed by atoms with Gasteiger partial charge in [0.1, 0.15) is 0 Å². The smallest absolute Gasteiger partial charge is 0.255 e. The largest absolute Gasteiger partial charge is 0.322 e. The summed E-state index contributed by atoms with van der Waals surface area (Å²) >= 11 is 10.0. The molecule has 0 unspecified atom stereocenters. The molecular formula is C25H22ClN3OS2. The SMILES string of the molecule is O=C(Nc1ccc(Cl)c(-c2nccc3ccsc23)c1)c1ccc(N2CCCCCS2)cc1. The van der Waals surface area contributed by atoms with Crippen molar-refractivity contribution in [1.82, 2.24) is 4.98 Å². The summed E-state index contributed by atoms with van der Waals surface area (Å²) in [5, 5.41) is 6.79. The Hall–Kier alpha value is -2.54. The highest BCUT2D eigenvalue weighted by atomic mass is 35.5. The monoisotopic (exact) mass is 479 g/mol. The zero-order valence-electron chi connectivity index (χ0n) is 17.4. The molecule has 162 valence electrons. The third kappa shape index (κ3) is 4.49. The maximum absolute atomic E-state index is 12.9. The highest BCUT2D eigenvalue weighted by molar-refractivity contribution is 8.00. The molecule has 1 fully saturated rings. The van der Waals surface area contributed by atoms with Crippen LogP contribution in [-0.4, -0.2) is 23.2 Å². The van der Waals surface area contributed by atoms with Crippen molar-refractivity contribution in [3.05, 3.63) is 76.8 Å². The van der Waals surface area contributed by atoms with Crippen LogP contribution in [0.5, 0.6) is 0 Å². The average Bonchev–Trinajstić information content (AvgIpc) is 3.14. The van der Waals surface area contributed by atoms with Crippen molar-refractivity contribution in [3.63, 3.8) is 0 Å². The van der Waals surface area contributed by atoms with Gasteiger partial charge >= 0.3 is 0 Å². The molecule has 0 spiro atoms. The number of halogens is 1. The highest BCUT2D eigenvalue weighted by Gasteiger charge is 2.14. The summed E-state index contributed by atoms with van der Waals surface area (Å²) < 4.78 is 3.41. The summed E-state index contributed by atoms with van der Waals surface area (Å²) in [6, 6.07) is 17.4. The van der Waals surface area contributed by atoms with Gasteiger partial charge in [0.2, 0.25) is 0 Å². The van der Waals surface area contributed by atoms with Gasteiger partial charge in [-0.15, -0.1) is 11.3 Å². The normalized spacial score (nSPS) is 14.3. The van der Waals surface area contributed by atoms with Crippen molar-refractivity contribution < 1.29 is 4.79 Å². The van der Waals surface area contributed by atoms with E-state index in [1.807, 2.05) is 59.8 Å². The number of anilines is 2. The zero-order valence-corrected chi connectivity index (χ0v) is 19.8. The Labute approximate surface area is 200 Å². The first-order valence-corrected chi connectivity index (χ1v) is 12.8. The minimum absolute atomic E-state index is 0.143. The van der Waals surface area contributed by atoms with Crippen molar-refractivity contribution in [2.24, 2.45) is 0 Å². The summed E-state index contributed by atoms with van der Waals surface area (Å²) in [5.41, 5.74) is 4.11. The molecule has 1 N–H and O–H groups in total. The Balaban J connectivity index is 1.36. The molecule has 0 radical (unpaired) electrons. The number of fused-ring (bicyclic) bond motifs is 1. The fourth-order valence-electron chi connectivity index (χ4n) is 3.83. The van der Waals surface area contributed by atoms with E-state index in [0.717, 1.165) is 39.3 Å². The lowest BCUT2D eigenvalue weighted by Crippen LogP contribution is -2.15. The fourth-order valence-corrected chi connectivity index (χ4v) is 6.02.